The van der Waals surface area contributed by atoms with Crippen LogP contribution in [0.1, 0.15) is 12.8 Å². The Morgan fingerprint density at radius 1 is 1.09 bits per heavy atom. The molecule has 0 aromatic rings. The number of phosphoric acid groups is 1. The van der Waals surface area contributed by atoms with E-state index in [-0.39, 0.29) is 29.6 Å². The molecule has 0 radical (unpaired) electrons. The first-order valence-corrected chi connectivity index (χ1v) is 4.55. The van der Waals surface area contributed by atoms with E-state index in [1.54, 1.807) is 0 Å². The van der Waals surface area contributed by atoms with E-state index < -0.39 is 7.82 Å². The molecule has 1 rings (SSSR count). The molecule has 0 aromatic carbocycles. The molecule has 0 aromatic heterocycles. The van der Waals surface area contributed by atoms with Gasteiger partial charge in [-0.25, -0.2) is 4.57 Å². The molecule has 0 spiro atoms. The van der Waals surface area contributed by atoms with Crippen LogP contribution in [0.15, 0.2) is 0 Å². The van der Waals surface area contributed by atoms with E-state index in [9.17, 15) is 0 Å². The SMILES string of the molecule is C1CCNC1.O=P(O)(O)O.[NaH]. The Bertz CT molecular complexity index is 107. The van der Waals surface area contributed by atoms with Gasteiger partial charge in [0.25, 0.3) is 0 Å². The van der Waals surface area contributed by atoms with Crippen LogP contribution in [0.4, 0.5) is 0 Å². The van der Waals surface area contributed by atoms with E-state index >= 15 is 0 Å². The van der Waals surface area contributed by atoms with Crippen LogP contribution in [0.3, 0.4) is 0 Å². The van der Waals surface area contributed by atoms with Gasteiger partial charge < -0.3 is 20.0 Å². The van der Waals surface area contributed by atoms with Crippen molar-refractivity contribution < 1.29 is 19.2 Å². The summed E-state index contributed by atoms with van der Waals surface area (Å²) in [5.41, 5.74) is 0. The normalized spacial score (nSPS) is 16.3. The Hall–Kier alpha value is 1.07. The van der Waals surface area contributed by atoms with E-state index in [0.29, 0.717) is 0 Å². The quantitative estimate of drug-likeness (QED) is 0.286. The third-order valence-corrected chi connectivity index (χ3v) is 0.957. The Labute approximate surface area is 87.7 Å². The van der Waals surface area contributed by atoms with Gasteiger partial charge in [-0.2, -0.15) is 0 Å². The summed E-state index contributed by atoms with van der Waals surface area (Å²) in [5, 5.41) is 3.22. The van der Waals surface area contributed by atoms with Gasteiger partial charge in [0.05, 0.1) is 0 Å². The van der Waals surface area contributed by atoms with Crippen LogP contribution in [0.5, 0.6) is 0 Å². The van der Waals surface area contributed by atoms with Gasteiger partial charge in [-0.15, -0.1) is 0 Å². The summed E-state index contributed by atoms with van der Waals surface area (Å²) < 4.78 is 8.88. The number of rotatable bonds is 0. The third kappa shape index (κ3) is 24.7. The van der Waals surface area contributed by atoms with Gasteiger partial charge in [0.2, 0.25) is 0 Å². The molecule has 7 heteroatoms. The van der Waals surface area contributed by atoms with Gasteiger partial charge in [0.15, 0.2) is 0 Å². The van der Waals surface area contributed by atoms with Gasteiger partial charge in [0.1, 0.15) is 0 Å². The maximum atomic E-state index is 8.88. The molecule has 1 fully saturated rings. The van der Waals surface area contributed by atoms with Gasteiger partial charge in [-0.05, 0) is 25.9 Å². The van der Waals surface area contributed by atoms with Crippen LogP contribution in [0, 0.1) is 0 Å². The second-order valence-electron chi connectivity index (χ2n) is 1.97. The van der Waals surface area contributed by atoms with Crippen LogP contribution in [-0.2, 0) is 4.57 Å². The Morgan fingerprint density at radius 3 is 1.45 bits per heavy atom. The first kappa shape index (κ1) is 14.6. The van der Waals surface area contributed by atoms with Crippen LogP contribution < -0.4 is 5.32 Å². The fourth-order valence-electron chi connectivity index (χ4n) is 0.625. The van der Waals surface area contributed by atoms with Crippen molar-refractivity contribution in [3.8, 4) is 0 Å². The maximum absolute atomic E-state index is 8.88. The molecule has 0 bridgehead atoms. The standard InChI is InChI=1S/C4H9N.Na.H3O4P.H/c1-2-4-5-3-1;;1-5(2,3)4;/h5H,1-4H2;;(H3,1,2,3,4);. The monoisotopic (exact) mass is 193 g/mol. The molecule has 1 aliphatic rings. The number of nitrogens with one attached hydrogen (secondary N) is 1. The molecule has 5 nitrogen and oxygen atoms in total. The first-order valence-electron chi connectivity index (χ1n) is 2.99. The minimum atomic E-state index is -4.64. The van der Waals surface area contributed by atoms with Crippen molar-refractivity contribution in [3.05, 3.63) is 0 Å². The minimum absolute atomic E-state index is 0. The number of hydrogen-bond donors (Lipinski definition) is 4. The zero-order valence-electron chi connectivity index (χ0n) is 5.53. The van der Waals surface area contributed by atoms with E-state index in [4.69, 9.17) is 19.2 Å². The molecule has 0 amide bonds. The van der Waals surface area contributed by atoms with Gasteiger partial charge in [0, 0.05) is 0 Å². The van der Waals surface area contributed by atoms with E-state index in [2.05, 4.69) is 5.32 Å². The molecule has 1 aliphatic heterocycles. The summed E-state index contributed by atoms with van der Waals surface area (Å²) in [5.74, 6) is 0. The molecule has 0 saturated carbocycles. The van der Waals surface area contributed by atoms with Gasteiger partial charge in [-0.3, -0.25) is 0 Å². The molecule has 0 atom stereocenters. The second kappa shape index (κ2) is 7.71. The fourth-order valence-corrected chi connectivity index (χ4v) is 0.625. The molecule has 4 N–H and O–H groups in total. The average molecular weight is 193 g/mol. The average Bonchev–Trinajstić information content (AvgIpc) is 2.07. The molecular formula is C4H13NNaO4P. The molecular weight excluding hydrogens is 180 g/mol. The molecule has 11 heavy (non-hydrogen) atoms. The van der Waals surface area contributed by atoms with Crippen molar-refractivity contribution >= 4 is 37.4 Å². The number of hydrogen-bond acceptors (Lipinski definition) is 2. The van der Waals surface area contributed by atoms with Crippen molar-refractivity contribution in [2.45, 2.75) is 12.8 Å². The molecule has 1 heterocycles. The van der Waals surface area contributed by atoms with Gasteiger partial charge >= 0.3 is 37.4 Å². The summed E-state index contributed by atoms with van der Waals surface area (Å²) in [6, 6.07) is 0. The summed E-state index contributed by atoms with van der Waals surface area (Å²) in [6.07, 6.45) is 2.78. The van der Waals surface area contributed by atoms with Crippen molar-refractivity contribution in [2.24, 2.45) is 0 Å². The predicted octanol–water partition coefficient (Wildman–Crippen LogP) is -1.21. The van der Waals surface area contributed by atoms with Crippen LogP contribution in [-0.4, -0.2) is 57.3 Å². The first-order chi connectivity index (χ1) is 4.50. The predicted molar refractivity (Wildman–Crippen MR) is 43.5 cm³/mol. The molecule has 0 aliphatic carbocycles. The van der Waals surface area contributed by atoms with Crippen LogP contribution >= 0.6 is 7.82 Å². The summed E-state index contributed by atoms with van der Waals surface area (Å²) in [7, 11) is -4.64. The second-order valence-corrected chi connectivity index (χ2v) is 3.00. The zero-order chi connectivity index (χ0) is 8.04. The van der Waals surface area contributed by atoms with Gasteiger partial charge in [-0.1, -0.05) is 0 Å². The molecule has 0 unspecified atom stereocenters. The zero-order valence-corrected chi connectivity index (χ0v) is 6.42. The Morgan fingerprint density at radius 2 is 1.36 bits per heavy atom. The van der Waals surface area contributed by atoms with Crippen molar-refractivity contribution in [3.63, 3.8) is 0 Å². The Kier molecular flexibility index (Phi) is 10.2. The van der Waals surface area contributed by atoms with Crippen molar-refractivity contribution in [1.29, 1.82) is 0 Å². The van der Waals surface area contributed by atoms with E-state index in [1.807, 2.05) is 0 Å². The topological polar surface area (TPSA) is 89.8 Å². The Balaban J connectivity index is 0. The summed E-state index contributed by atoms with van der Waals surface area (Å²) in [6.45, 7) is 2.50. The van der Waals surface area contributed by atoms with Crippen LogP contribution in [0.2, 0.25) is 0 Å². The van der Waals surface area contributed by atoms with Crippen molar-refractivity contribution in [2.75, 3.05) is 13.1 Å². The van der Waals surface area contributed by atoms with E-state index in [1.165, 1.54) is 25.9 Å². The fraction of sp³-hybridized carbons (Fsp3) is 1.00. The van der Waals surface area contributed by atoms with Crippen molar-refractivity contribution in [1.82, 2.24) is 5.32 Å². The van der Waals surface area contributed by atoms with E-state index in [0.717, 1.165) is 0 Å². The summed E-state index contributed by atoms with van der Waals surface area (Å²) >= 11 is 0. The molecule has 64 valence electrons. The third-order valence-electron chi connectivity index (χ3n) is 0.957. The van der Waals surface area contributed by atoms with Crippen LogP contribution in [0.25, 0.3) is 0 Å². The molecule has 1 saturated heterocycles. The summed E-state index contributed by atoms with van der Waals surface area (Å²) in [4.78, 5) is 21.6.